The number of carbonyl (C=O) groups excluding carboxylic acids is 2. The monoisotopic (exact) mass is 575 g/mol. The second-order valence-electron chi connectivity index (χ2n) is 9.93. The molecule has 1 fully saturated rings. The smallest absolute Gasteiger partial charge is 0.340 e. The molecular weight excluding hydrogens is 538 g/mol. The van der Waals surface area contributed by atoms with Crippen LogP contribution >= 0.6 is 11.6 Å². The van der Waals surface area contributed by atoms with Crippen LogP contribution in [0.25, 0.3) is 0 Å². The van der Waals surface area contributed by atoms with Gasteiger partial charge in [-0.25, -0.2) is 9.59 Å². The van der Waals surface area contributed by atoms with Crippen LogP contribution in [0.3, 0.4) is 0 Å². The zero-order valence-corrected chi connectivity index (χ0v) is 24.0. The van der Waals surface area contributed by atoms with Gasteiger partial charge in [-0.2, -0.15) is 0 Å². The zero-order valence-electron chi connectivity index (χ0n) is 23.2. The number of ether oxygens (including phenoxy) is 5. The Kier molecular flexibility index (Phi) is 11.3. The van der Waals surface area contributed by atoms with Gasteiger partial charge in [-0.1, -0.05) is 11.6 Å². The SMILES string of the molecule is COc1cc2cc(c1OC)OCCCC(OC(=O)c1cncc(Cl)c1)CCN1CCCN(CCCOC2=O)CC1. The van der Waals surface area contributed by atoms with Crippen molar-refractivity contribution in [1.82, 2.24) is 14.8 Å². The van der Waals surface area contributed by atoms with Crippen LogP contribution in [0.2, 0.25) is 5.02 Å². The van der Waals surface area contributed by atoms with Crippen molar-refractivity contribution in [1.29, 1.82) is 0 Å². The van der Waals surface area contributed by atoms with Crippen molar-refractivity contribution >= 4 is 23.5 Å². The van der Waals surface area contributed by atoms with E-state index in [2.05, 4.69) is 14.8 Å². The molecule has 2 aliphatic rings. The largest absolute Gasteiger partial charge is 0.493 e. The molecule has 4 rings (SSSR count). The van der Waals surface area contributed by atoms with Crippen molar-refractivity contribution in [2.24, 2.45) is 0 Å². The first-order valence-electron chi connectivity index (χ1n) is 13.8. The van der Waals surface area contributed by atoms with Gasteiger partial charge in [-0.3, -0.25) is 4.98 Å². The van der Waals surface area contributed by atoms with Gasteiger partial charge in [0.25, 0.3) is 0 Å². The van der Waals surface area contributed by atoms with Crippen LogP contribution < -0.4 is 14.2 Å². The number of cyclic esters (lactones) is 1. The van der Waals surface area contributed by atoms with E-state index in [9.17, 15) is 9.59 Å². The fraction of sp³-hybridized carbons (Fsp3) is 0.552. The maximum atomic E-state index is 12.9. The van der Waals surface area contributed by atoms with Gasteiger partial charge < -0.3 is 33.5 Å². The molecule has 3 heterocycles. The summed E-state index contributed by atoms with van der Waals surface area (Å²) in [6.07, 6.45) is 6.35. The lowest BCUT2D eigenvalue weighted by molar-refractivity contribution is 0.0221. The number of halogens is 1. The molecule has 11 heteroatoms. The fourth-order valence-corrected chi connectivity index (χ4v) is 5.16. The first-order valence-corrected chi connectivity index (χ1v) is 14.2. The van der Waals surface area contributed by atoms with Crippen LogP contribution in [-0.2, 0) is 9.47 Å². The maximum Gasteiger partial charge on any atom is 0.340 e. The predicted molar refractivity (Wildman–Crippen MR) is 150 cm³/mol. The van der Waals surface area contributed by atoms with E-state index in [0.717, 1.165) is 52.1 Å². The van der Waals surface area contributed by atoms with Crippen LogP contribution in [0.1, 0.15) is 52.8 Å². The van der Waals surface area contributed by atoms with Gasteiger partial charge in [0, 0.05) is 38.6 Å². The van der Waals surface area contributed by atoms with E-state index in [1.54, 1.807) is 18.2 Å². The van der Waals surface area contributed by atoms with E-state index in [1.807, 2.05) is 0 Å². The molecule has 10 nitrogen and oxygen atoms in total. The third kappa shape index (κ3) is 8.46. The van der Waals surface area contributed by atoms with E-state index < -0.39 is 11.9 Å². The van der Waals surface area contributed by atoms with Crippen molar-refractivity contribution in [3.63, 3.8) is 0 Å². The lowest BCUT2D eigenvalue weighted by Gasteiger charge is -2.24. The molecule has 0 radical (unpaired) electrons. The quantitative estimate of drug-likeness (QED) is 0.495. The van der Waals surface area contributed by atoms with Crippen LogP contribution in [0, 0.1) is 0 Å². The predicted octanol–water partition coefficient (Wildman–Crippen LogP) is 4.10. The number of benzene rings is 1. The van der Waals surface area contributed by atoms with E-state index in [-0.39, 0.29) is 6.10 Å². The highest BCUT2D eigenvalue weighted by molar-refractivity contribution is 6.30. The van der Waals surface area contributed by atoms with Crippen molar-refractivity contribution in [3.05, 3.63) is 46.7 Å². The van der Waals surface area contributed by atoms with Crippen LogP contribution in [0.4, 0.5) is 0 Å². The van der Waals surface area contributed by atoms with E-state index in [0.29, 0.717) is 65.9 Å². The van der Waals surface area contributed by atoms with E-state index in [1.165, 1.54) is 26.6 Å². The molecule has 0 N–H and O–H groups in total. The number of fused-ring (bicyclic) bond motifs is 5. The standard InChI is InChI=1S/C29H38ClN3O7/c1-36-25-17-21-18-26(27(25)37-2)38-14-3-6-24(40-29(35)22-16-23(30)20-31-19-22)7-11-33-9-4-8-32(12-13-33)10-5-15-39-28(21)34/h16-20,24H,3-15H2,1-2H3. The highest BCUT2D eigenvalue weighted by Crippen LogP contribution is 2.39. The Bertz CT molecular complexity index is 1150. The van der Waals surface area contributed by atoms with Gasteiger partial charge in [0.2, 0.25) is 5.75 Å². The third-order valence-corrected chi connectivity index (χ3v) is 7.33. The van der Waals surface area contributed by atoms with Crippen LogP contribution in [-0.4, -0.2) is 99.5 Å². The summed E-state index contributed by atoms with van der Waals surface area (Å²) in [5, 5.41) is 0.382. The minimum Gasteiger partial charge on any atom is -0.493 e. The molecule has 40 heavy (non-hydrogen) atoms. The van der Waals surface area contributed by atoms with E-state index >= 15 is 0 Å². The highest BCUT2D eigenvalue weighted by atomic mass is 35.5. The summed E-state index contributed by atoms with van der Waals surface area (Å²) in [5.41, 5.74) is 0.656. The Morgan fingerprint density at radius 1 is 0.900 bits per heavy atom. The van der Waals surface area contributed by atoms with Crippen molar-refractivity contribution < 1.29 is 33.3 Å². The normalized spacial score (nSPS) is 22.9. The molecule has 2 aliphatic heterocycles. The number of rotatable bonds is 4. The first kappa shape index (κ1) is 29.9. The van der Waals surface area contributed by atoms with Gasteiger partial charge >= 0.3 is 11.9 Å². The van der Waals surface area contributed by atoms with Crippen molar-refractivity contribution in [3.8, 4) is 17.2 Å². The summed E-state index contributed by atoms with van der Waals surface area (Å²) in [6, 6.07) is 4.77. The number of esters is 2. The average molecular weight is 576 g/mol. The summed E-state index contributed by atoms with van der Waals surface area (Å²) >= 11 is 6.03. The number of methoxy groups -OCH3 is 2. The summed E-state index contributed by atoms with van der Waals surface area (Å²) in [5.74, 6) is 0.284. The highest BCUT2D eigenvalue weighted by Gasteiger charge is 2.22. The Morgan fingerprint density at radius 3 is 2.40 bits per heavy atom. The molecule has 2 aromatic rings. The first-order chi connectivity index (χ1) is 19.5. The van der Waals surface area contributed by atoms with Gasteiger partial charge in [0.1, 0.15) is 6.10 Å². The molecule has 0 amide bonds. The average Bonchev–Trinajstić information content (AvgIpc) is 3.20. The van der Waals surface area contributed by atoms with Gasteiger partial charge in [-0.05, 0) is 63.4 Å². The number of hydrogen-bond donors (Lipinski definition) is 0. The molecule has 3 atom stereocenters. The molecule has 1 saturated heterocycles. The summed E-state index contributed by atoms with van der Waals surface area (Å²) in [4.78, 5) is 34.6. The molecule has 218 valence electrons. The Hall–Kier alpha value is -3.08. The van der Waals surface area contributed by atoms with Crippen LogP contribution in [0.5, 0.6) is 17.2 Å². The van der Waals surface area contributed by atoms with E-state index in [4.69, 9.17) is 35.3 Å². The van der Waals surface area contributed by atoms with Gasteiger partial charge in [0.15, 0.2) is 11.5 Å². The number of nitrogens with zero attached hydrogens (tertiary/aromatic N) is 3. The molecule has 4 bridgehead atoms. The molecule has 0 saturated carbocycles. The summed E-state index contributed by atoms with van der Waals surface area (Å²) < 4.78 is 28.5. The molecule has 0 aliphatic carbocycles. The third-order valence-electron chi connectivity index (χ3n) is 7.12. The summed E-state index contributed by atoms with van der Waals surface area (Å²) in [7, 11) is 3.03. The Balaban J connectivity index is 1.51. The second-order valence-corrected chi connectivity index (χ2v) is 10.4. The summed E-state index contributed by atoms with van der Waals surface area (Å²) in [6.45, 7) is 6.21. The second kappa shape index (κ2) is 15.1. The Labute approximate surface area is 240 Å². The van der Waals surface area contributed by atoms with Crippen LogP contribution in [0.15, 0.2) is 30.6 Å². The molecule has 3 unspecified atom stereocenters. The van der Waals surface area contributed by atoms with Gasteiger partial charge in [0.05, 0.1) is 43.6 Å². The minimum atomic E-state index is -0.445. The van der Waals surface area contributed by atoms with Gasteiger partial charge in [-0.15, -0.1) is 0 Å². The topological polar surface area (TPSA) is 99.7 Å². The number of carbonyl (C=O) groups is 2. The minimum absolute atomic E-state index is 0.311. The van der Waals surface area contributed by atoms with Crippen molar-refractivity contribution in [2.45, 2.75) is 38.2 Å². The molecule has 1 aromatic heterocycles. The maximum absolute atomic E-state index is 12.9. The number of pyridine rings is 1. The Morgan fingerprint density at radius 2 is 1.65 bits per heavy atom. The van der Waals surface area contributed by atoms with Crippen molar-refractivity contribution in [2.75, 3.05) is 66.7 Å². The lowest BCUT2D eigenvalue weighted by Crippen LogP contribution is -2.34. The molecule has 0 spiro atoms. The zero-order chi connectivity index (χ0) is 28.3. The molecule has 1 aromatic carbocycles. The molecular formula is C29H38ClN3O7. The number of hydrogen-bond acceptors (Lipinski definition) is 10. The lowest BCUT2D eigenvalue weighted by atomic mass is 10.1. The fourth-order valence-electron chi connectivity index (χ4n) is 4.99. The number of aromatic nitrogens is 1.